The van der Waals surface area contributed by atoms with E-state index in [4.69, 9.17) is 9.47 Å². The molecule has 3 saturated heterocycles. The zero-order valence-electron chi connectivity index (χ0n) is 23.0. The van der Waals surface area contributed by atoms with Crippen molar-refractivity contribution in [2.45, 2.75) is 70.8 Å². The number of halogens is 3. The number of anilines is 1. The summed E-state index contributed by atoms with van der Waals surface area (Å²) in [5.74, 6) is -0.193. The summed E-state index contributed by atoms with van der Waals surface area (Å²) in [4.78, 5) is 26.9. The molecule has 1 amide bonds. The van der Waals surface area contributed by atoms with Crippen molar-refractivity contribution >= 4 is 38.7 Å². The van der Waals surface area contributed by atoms with Crippen LogP contribution in [0, 0.1) is 17.1 Å². The fourth-order valence-corrected chi connectivity index (χ4v) is 5.74. The highest BCUT2D eigenvalue weighted by Crippen LogP contribution is 2.34. The van der Waals surface area contributed by atoms with Crippen molar-refractivity contribution in [2.24, 2.45) is 0 Å². The maximum atomic E-state index is 14.9. The zero-order valence-corrected chi connectivity index (χ0v) is 24.6. The molecular formula is C27H35BrF2N6O3. The summed E-state index contributed by atoms with van der Waals surface area (Å²) >= 11 is 3.12. The molecule has 12 heteroatoms. The molecule has 5 rings (SSSR count). The molecule has 4 heterocycles. The molecule has 9 nitrogen and oxygen atoms in total. The molecule has 3 unspecified atom stereocenters. The van der Waals surface area contributed by atoms with Gasteiger partial charge in [0.2, 0.25) is 0 Å². The second kappa shape index (κ2) is 11.8. The molecule has 2 aromatic rings. The first-order chi connectivity index (χ1) is 18.4. The molecule has 3 aliphatic rings. The number of aromatic nitrogens is 2. The second-order valence-corrected chi connectivity index (χ2v) is 12.0. The Morgan fingerprint density at radius 2 is 1.97 bits per heavy atom. The number of carbonyl (C=O) groups excluding carboxylic acids is 1. The average Bonchev–Trinajstić information content (AvgIpc) is 3.45. The zero-order chi connectivity index (χ0) is 28.5. The molecule has 3 atom stereocenters. The van der Waals surface area contributed by atoms with Crippen molar-refractivity contribution in [1.82, 2.24) is 19.8 Å². The predicted molar refractivity (Wildman–Crippen MR) is 147 cm³/mol. The number of piperazine rings is 1. The van der Waals surface area contributed by atoms with Crippen molar-refractivity contribution in [3.8, 4) is 12.1 Å². The number of carbonyl (C=O) groups is 1. The van der Waals surface area contributed by atoms with Crippen LogP contribution in [0.1, 0.15) is 52.5 Å². The normalized spacial score (nSPS) is 23.2. The van der Waals surface area contributed by atoms with Crippen LogP contribution in [0.4, 0.5) is 19.4 Å². The molecule has 3 aliphatic heterocycles. The Hall–Kier alpha value is -2.78. The molecule has 0 N–H and O–H groups in total. The van der Waals surface area contributed by atoms with Gasteiger partial charge < -0.3 is 19.3 Å². The highest BCUT2D eigenvalue weighted by molar-refractivity contribution is 9.10. The standard InChI is InChI=1S/C20H23BrFN5O3.C7H12FN/c1-11-10-26(6-7-27(11)19(28)30-20(2,3)4)17-13-8-12(9-23)14(21)15(22)16(13)24-18(25-17)29-5;8-6-4-7-2-1-3-9(7)5-6/h8,11H,6-7,10H2,1-5H3;6-7H,1-5H2. The van der Waals surface area contributed by atoms with Gasteiger partial charge in [-0.25, -0.2) is 13.6 Å². The van der Waals surface area contributed by atoms with Gasteiger partial charge >= 0.3 is 12.1 Å². The molecule has 1 aromatic heterocycles. The number of benzene rings is 1. The first kappa shape index (κ1) is 29.2. The monoisotopic (exact) mass is 608 g/mol. The Morgan fingerprint density at radius 3 is 2.59 bits per heavy atom. The smallest absolute Gasteiger partial charge is 0.410 e. The van der Waals surface area contributed by atoms with E-state index in [1.165, 1.54) is 20.0 Å². The van der Waals surface area contributed by atoms with Crippen LogP contribution in [0.2, 0.25) is 0 Å². The van der Waals surface area contributed by atoms with E-state index in [2.05, 4.69) is 30.8 Å². The molecule has 0 aliphatic carbocycles. The minimum absolute atomic E-state index is 0.0234. The summed E-state index contributed by atoms with van der Waals surface area (Å²) in [5, 5.41) is 9.76. The number of nitrogens with zero attached hydrogens (tertiary/aromatic N) is 6. The maximum absolute atomic E-state index is 14.9. The van der Waals surface area contributed by atoms with E-state index in [-0.39, 0.29) is 33.7 Å². The number of amides is 1. The number of hydrogen-bond acceptors (Lipinski definition) is 8. The molecule has 3 fully saturated rings. The van der Waals surface area contributed by atoms with Gasteiger partial charge in [0.15, 0.2) is 5.82 Å². The maximum Gasteiger partial charge on any atom is 0.410 e. The number of rotatable bonds is 2. The van der Waals surface area contributed by atoms with Gasteiger partial charge in [-0.15, -0.1) is 0 Å². The highest BCUT2D eigenvalue weighted by atomic mass is 79.9. The summed E-state index contributed by atoms with van der Waals surface area (Å²) in [6.45, 7) is 10.6. The molecular weight excluding hydrogens is 574 g/mol. The lowest BCUT2D eigenvalue weighted by atomic mass is 10.1. The van der Waals surface area contributed by atoms with Crippen molar-refractivity contribution in [2.75, 3.05) is 44.7 Å². The number of ether oxygens (including phenoxy) is 2. The van der Waals surface area contributed by atoms with E-state index in [1.807, 2.05) is 38.7 Å². The minimum atomic E-state index is -0.647. The Balaban J connectivity index is 0.000000327. The summed E-state index contributed by atoms with van der Waals surface area (Å²) in [6.07, 6.45) is 2.44. The lowest BCUT2D eigenvalue weighted by Crippen LogP contribution is -2.55. The van der Waals surface area contributed by atoms with Gasteiger partial charge in [-0.2, -0.15) is 15.2 Å². The number of fused-ring (bicyclic) bond motifs is 2. The predicted octanol–water partition coefficient (Wildman–Crippen LogP) is 5.05. The third-order valence-corrected chi connectivity index (χ3v) is 7.92. The van der Waals surface area contributed by atoms with Gasteiger partial charge in [-0.3, -0.25) is 4.90 Å². The highest BCUT2D eigenvalue weighted by Gasteiger charge is 2.35. The van der Waals surface area contributed by atoms with Crippen LogP contribution in [0.25, 0.3) is 10.9 Å². The summed E-state index contributed by atoms with van der Waals surface area (Å²) in [5.41, 5.74) is -0.372. The molecule has 0 spiro atoms. The average molecular weight is 610 g/mol. The summed E-state index contributed by atoms with van der Waals surface area (Å²) < 4.78 is 38.2. The minimum Gasteiger partial charge on any atom is -0.467 e. The van der Waals surface area contributed by atoms with E-state index in [0.29, 0.717) is 43.4 Å². The van der Waals surface area contributed by atoms with Crippen molar-refractivity contribution in [1.29, 1.82) is 5.26 Å². The summed E-state index contributed by atoms with van der Waals surface area (Å²) in [7, 11) is 1.41. The SMILES string of the molecule is COc1nc(N2CCN(C(=O)OC(C)(C)C)C(C)C2)c2cc(C#N)c(Br)c(F)c2n1.FC1CC2CCCN2C1. The van der Waals surface area contributed by atoms with Crippen LogP contribution in [0.3, 0.4) is 0 Å². The van der Waals surface area contributed by atoms with Gasteiger partial charge in [0.25, 0.3) is 0 Å². The number of hydrogen-bond donors (Lipinski definition) is 0. The van der Waals surface area contributed by atoms with E-state index >= 15 is 0 Å². The molecule has 39 heavy (non-hydrogen) atoms. The fourth-order valence-electron chi connectivity index (χ4n) is 5.35. The lowest BCUT2D eigenvalue weighted by Gasteiger charge is -2.41. The largest absolute Gasteiger partial charge is 0.467 e. The van der Waals surface area contributed by atoms with E-state index in [1.54, 1.807) is 11.0 Å². The molecule has 0 saturated carbocycles. The molecule has 0 bridgehead atoms. The van der Waals surface area contributed by atoms with Crippen molar-refractivity contribution in [3.05, 3.63) is 21.9 Å². The van der Waals surface area contributed by atoms with Crippen LogP contribution in [0.5, 0.6) is 6.01 Å². The number of alkyl halides is 1. The van der Waals surface area contributed by atoms with Crippen LogP contribution < -0.4 is 9.64 Å². The van der Waals surface area contributed by atoms with Gasteiger partial charge in [0.05, 0.1) is 17.1 Å². The second-order valence-electron chi connectivity index (χ2n) is 11.2. The number of nitriles is 1. The van der Waals surface area contributed by atoms with Crippen LogP contribution in [0.15, 0.2) is 10.5 Å². The first-order valence-electron chi connectivity index (χ1n) is 13.2. The van der Waals surface area contributed by atoms with Crippen LogP contribution in [-0.2, 0) is 4.74 Å². The van der Waals surface area contributed by atoms with Gasteiger partial charge in [0.1, 0.15) is 29.2 Å². The molecule has 1 aromatic carbocycles. The van der Waals surface area contributed by atoms with Gasteiger partial charge in [-0.05, 0) is 75.5 Å². The molecule has 212 valence electrons. The fraction of sp³-hybridized carbons (Fsp3) is 0.630. The van der Waals surface area contributed by atoms with Gasteiger partial charge in [-0.1, -0.05) is 0 Å². The molecule has 0 radical (unpaired) electrons. The Labute approximate surface area is 236 Å². The third kappa shape index (κ3) is 6.52. The van der Waals surface area contributed by atoms with E-state index < -0.39 is 17.6 Å². The topological polar surface area (TPSA) is 94.8 Å². The first-order valence-corrected chi connectivity index (χ1v) is 14.0. The van der Waals surface area contributed by atoms with Crippen molar-refractivity contribution in [3.63, 3.8) is 0 Å². The Morgan fingerprint density at radius 1 is 1.23 bits per heavy atom. The Bertz CT molecular complexity index is 1260. The third-order valence-electron chi connectivity index (χ3n) is 7.15. The number of methoxy groups -OCH3 is 1. The van der Waals surface area contributed by atoms with Gasteiger partial charge in [0, 0.05) is 43.6 Å². The van der Waals surface area contributed by atoms with Crippen LogP contribution >= 0.6 is 15.9 Å². The van der Waals surface area contributed by atoms with Crippen LogP contribution in [-0.4, -0.2) is 89.6 Å². The van der Waals surface area contributed by atoms with Crippen molar-refractivity contribution < 1.29 is 23.0 Å². The summed E-state index contributed by atoms with van der Waals surface area (Å²) in [6, 6.07) is 4.00. The van der Waals surface area contributed by atoms with E-state index in [0.717, 1.165) is 13.0 Å². The quantitative estimate of drug-likeness (QED) is 0.467. The van der Waals surface area contributed by atoms with E-state index in [9.17, 15) is 18.8 Å². The lowest BCUT2D eigenvalue weighted by molar-refractivity contribution is 0.0158. The Kier molecular flexibility index (Phi) is 8.81.